The van der Waals surface area contributed by atoms with Crippen LogP contribution in [-0.2, 0) is 0 Å². The fraction of sp³-hybridized carbons (Fsp3) is 0. The fourth-order valence-corrected chi connectivity index (χ4v) is 8.48. The molecule has 1 nitrogen and oxygen atoms in total. The quantitative estimate of drug-likeness (QED) is 0.134. The zero-order valence-electron chi connectivity index (χ0n) is 28.9. The van der Waals surface area contributed by atoms with E-state index < -0.39 is 0 Å². The van der Waals surface area contributed by atoms with Gasteiger partial charge < -0.3 is 4.74 Å². The van der Waals surface area contributed by atoms with Gasteiger partial charge in [0.05, 0.1) is 0 Å². The summed E-state index contributed by atoms with van der Waals surface area (Å²) in [5.74, 6) is 1.77. The summed E-state index contributed by atoms with van der Waals surface area (Å²) in [6, 6.07) is 70.6. The molecular weight excluding hydrogens is 641 g/mol. The van der Waals surface area contributed by atoms with E-state index in [4.69, 9.17) is 4.74 Å². The topological polar surface area (TPSA) is 9.23 Å². The van der Waals surface area contributed by atoms with Crippen LogP contribution in [0, 0.1) is 0 Å². The van der Waals surface area contributed by atoms with Gasteiger partial charge in [-0.2, -0.15) is 0 Å². The highest BCUT2D eigenvalue weighted by molar-refractivity contribution is 6.20. The summed E-state index contributed by atoms with van der Waals surface area (Å²) < 4.78 is 6.79. The number of rotatable bonds is 4. The lowest BCUT2D eigenvalue weighted by Crippen LogP contribution is -1.98. The first-order valence-corrected chi connectivity index (χ1v) is 18.2. The van der Waals surface area contributed by atoms with Gasteiger partial charge in [0, 0.05) is 10.9 Å². The van der Waals surface area contributed by atoms with Crippen LogP contribution in [0.1, 0.15) is 0 Å². The maximum Gasteiger partial charge on any atom is 0.136 e. The van der Waals surface area contributed by atoms with Gasteiger partial charge in [-0.1, -0.05) is 146 Å². The smallest absolute Gasteiger partial charge is 0.136 e. The van der Waals surface area contributed by atoms with Gasteiger partial charge in [0.25, 0.3) is 0 Å². The molecule has 10 aromatic carbocycles. The van der Waals surface area contributed by atoms with Crippen LogP contribution in [0.4, 0.5) is 0 Å². The van der Waals surface area contributed by atoms with Crippen molar-refractivity contribution < 1.29 is 4.74 Å². The summed E-state index contributed by atoms with van der Waals surface area (Å²) in [6.07, 6.45) is 0. The maximum atomic E-state index is 6.79. The van der Waals surface area contributed by atoms with Crippen molar-refractivity contribution in [2.75, 3.05) is 0 Å². The van der Waals surface area contributed by atoms with Crippen molar-refractivity contribution in [3.8, 4) is 67.1 Å². The predicted molar refractivity (Wildman–Crippen MR) is 224 cm³/mol. The molecule has 0 fully saturated rings. The third-order valence-electron chi connectivity index (χ3n) is 11.0. The minimum atomic E-state index is 0.884. The monoisotopic (exact) mass is 672 g/mol. The zero-order valence-corrected chi connectivity index (χ0v) is 28.9. The van der Waals surface area contributed by atoms with Gasteiger partial charge in [-0.3, -0.25) is 0 Å². The van der Waals surface area contributed by atoms with E-state index in [1.807, 2.05) is 0 Å². The van der Waals surface area contributed by atoms with Crippen LogP contribution in [0.15, 0.2) is 194 Å². The van der Waals surface area contributed by atoms with Crippen LogP contribution in [0.5, 0.6) is 11.5 Å². The van der Waals surface area contributed by atoms with E-state index in [9.17, 15) is 0 Å². The first-order valence-electron chi connectivity index (χ1n) is 18.2. The van der Waals surface area contributed by atoms with E-state index in [1.54, 1.807) is 0 Å². The van der Waals surface area contributed by atoms with E-state index in [0.717, 1.165) is 33.6 Å². The van der Waals surface area contributed by atoms with Crippen LogP contribution in [-0.4, -0.2) is 0 Å². The number of benzene rings is 10. The van der Waals surface area contributed by atoms with E-state index in [0.29, 0.717) is 0 Å². The van der Waals surface area contributed by atoms with Crippen LogP contribution in [0.2, 0.25) is 0 Å². The Kier molecular flexibility index (Phi) is 6.62. The lowest BCUT2D eigenvalue weighted by Gasteiger charge is -2.23. The number of fused-ring (bicyclic) bond motifs is 6. The Morgan fingerprint density at radius 1 is 0.264 bits per heavy atom. The minimum Gasteiger partial charge on any atom is -0.456 e. The molecule has 10 aromatic rings. The molecule has 0 saturated heterocycles. The second-order valence-corrected chi connectivity index (χ2v) is 14.1. The van der Waals surface area contributed by atoms with Crippen molar-refractivity contribution in [1.82, 2.24) is 0 Å². The molecule has 1 aliphatic rings. The molecule has 0 aliphatic carbocycles. The Morgan fingerprint density at radius 3 is 1.72 bits per heavy atom. The molecule has 0 bridgehead atoms. The number of hydrogen-bond acceptors (Lipinski definition) is 1. The number of hydrogen-bond donors (Lipinski definition) is 0. The second kappa shape index (κ2) is 11.8. The molecule has 0 amide bonds. The van der Waals surface area contributed by atoms with Gasteiger partial charge in [0.1, 0.15) is 11.5 Å². The van der Waals surface area contributed by atoms with Gasteiger partial charge in [-0.25, -0.2) is 0 Å². The molecule has 1 aliphatic heterocycles. The zero-order chi connectivity index (χ0) is 34.9. The Morgan fingerprint density at radius 2 is 0.906 bits per heavy atom. The van der Waals surface area contributed by atoms with Crippen LogP contribution < -0.4 is 4.74 Å². The normalized spacial score (nSPS) is 11.9. The largest absolute Gasteiger partial charge is 0.456 e. The predicted octanol–water partition coefficient (Wildman–Crippen LogP) is 14.7. The van der Waals surface area contributed by atoms with Crippen LogP contribution in [0.3, 0.4) is 0 Å². The van der Waals surface area contributed by atoms with Gasteiger partial charge in [-0.05, 0) is 136 Å². The highest BCUT2D eigenvalue weighted by Gasteiger charge is 2.22. The van der Waals surface area contributed by atoms with Crippen molar-refractivity contribution in [3.05, 3.63) is 194 Å². The summed E-state index contributed by atoms with van der Waals surface area (Å²) in [7, 11) is 0. The van der Waals surface area contributed by atoms with Gasteiger partial charge >= 0.3 is 0 Å². The number of ether oxygens (including phenoxy) is 1. The van der Waals surface area contributed by atoms with Gasteiger partial charge in [0.2, 0.25) is 0 Å². The van der Waals surface area contributed by atoms with Crippen molar-refractivity contribution in [2.24, 2.45) is 0 Å². The highest BCUT2D eigenvalue weighted by Crippen LogP contribution is 2.50. The lowest BCUT2D eigenvalue weighted by atomic mass is 9.86. The van der Waals surface area contributed by atoms with Crippen LogP contribution in [0.25, 0.3) is 98.7 Å². The Balaban J connectivity index is 1.15. The summed E-state index contributed by atoms with van der Waals surface area (Å²) in [5, 5.41) is 9.86. The van der Waals surface area contributed by atoms with Crippen molar-refractivity contribution >= 4 is 43.1 Å². The Hall–Kier alpha value is -6.96. The molecule has 0 spiro atoms. The molecule has 53 heavy (non-hydrogen) atoms. The van der Waals surface area contributed by atoms with E-state index in [2.05, 4.69) is 194 Å². The Bertz CT molecular complexity index is 3070. The molecule has 1 heteroatoms. The average Bonchev–Trinajstić information content (AvgIpc) is 3.23. The molecule has 0 unspecified atom stereocenters. The molecule has 0 radical (unpaired) electrons. The second-order valence-electron chi connectivity index (χ2n) is 14.1. The first-order chi connectivity index (χ1) is 26.2. The van der Waals surface area contributed by atoms with Gasteiger partial charge in [-0.15, -0.1) is 0 Å². The fourth-order valence-electron chi connectivity index (χ4n) is 8.48. The van der Waals surface area contributed by atoms with Crippen LogP contribution >= 0.6 is 0 Å². The third-order valence-corrected chi connectivity index (χ3v) is 11.0. The molecule has 0 N–H and O–H groups in total. The molecule has 1 heterocycles. The highest BCUT2D eigenvalue weighted by atomic mass is 16.5. The molecule has 246 valence electrons. The summed E-state index contributed by atoms with van der Waals surface area (Å²) in [5.41, 5.74) is 11.8. The summed E-state index contributed by atoms with van der Waals surface area (Å²) in [4.78, 5) is 0. The molecule has 0 saturated carbocycles. The maximum absolute atomic E-state index is 6.79. The minimum absolute atomic E-state index is 0.884. The van der Waals surface area contributed by atoms with Crippen molar-refractivity contribution in [1.29, 1.82) is 0 Å². The van der Waals surface area contributed by atoms with E-state index in [-0.39, 0.29) is 0 Å². The standard InChI is InChI=1S/C52H32O/c1-3-12-33(13-4-1)36-23-25-49-48(30-36)45-21-11-18-38-26-41(32-50(53-49)52(38)45)40-27-39(34-14-5-2-6-15-34)28-42(29-40)51-44-20-10-8-17-37(44)31-47-43-19-9-7-16-35(43)22-24-46(47)51/h1-32H. The Labute approximate surface area is 308 Å². The van der Waals surface area contributed by atoms with Crippen molar-refractivity contribution in [2.45, 2.75) is 0 Å². The molecule has 0 atom stereocenters. The average molecular weight is 673 g/mol. The van der Waals surface area contributed by atoms with E-state index in [1.165, 1.54) is 76.6 Å². The van der Waals surface area contributed by atoms with Crippen molar-refractivity contribution in [3.63, 3.8) is 0 Å². The molecule has 11 rings (SSSR count). The third kappa shape index (κ3) is 4.86. The van der Waals surface area contributed by atoms with E-state index >= 15 is 0 Å². The first kappa shape index (κ1) is 29.7. The SMILES string of the molecule is c1ccc(-c2cc(-c3cc4c5c(cccc5c3)-c3cc(-c5ccccc5)ccc3O4)cc(-c3c4ccccc4cc4c3ccc3ccccc34)c2)cc1. The summed E-state index contributed by atoms with van der Waals surface area (Å²) >= 11 is 0. The molecule has 0 aromatic heterocycles. The van der Waals surface area contributed by atoms with Gasteiger partial charge in [0.15, 0.2) is 0 Å². The molecular formula is C52H32O. The lowest BCUT2D eigenvalue weighted by molar-refractivity contribution is 0.487. The summed E-state index contributed by atoms with van der Waals surface area (Å²) in [6.45, 7) is 0.